The molecule has 1 aliphatic rings. The Hall–Kier alpha value is -1.08. The van der Waals surface area contributed by atoms with Crippen LogP contribution in [-0.2, 0) is 23.6 Å². The summed E-state index contributed by atoms with van der Waals surface area (Å²) in [5.41, 5.74) is 0.853. The molecule has 0 amide bonds. The zero-order valence-electron chi connectivity index (χ0n) is 18.3. The first kappa shape index (κ1) is 25.0. The van der Waals surface area contributed by atoms with Crippen molar-refractivity contribution in [2.75, 3.05) is 13.2 Å². The number of carbonyl (C=O) groups is 2. The number of carbonyl (C=O) groups excluding carboxylic acids is 2. The largest absolute Gasteiger partial charge is 0.465 e. The number of esters is 2. The van der Waals surface area contributed by atoms with Crippen LogP contribution >= 0.6 is 11.6 Å². The minimum Gasteiger partial charge on any atom is -0.465 e. The topological polar surface area (TPSA) is 74.2 Å². The molecular formula is C20H36ClNO5Si. The van der Waals surface area contributed by atoms with Crippen molar-refractivity contribution in [2.45, 2.75) is 83.8 Å². The van der Waals surface area contributed by atoms with Crippen molar-refractivity contribution >= 4 is 37.6 Å². The maximum Gasteiger partial charge on any atom is 0.320 e. The molecule has 2 unspecified atom stereocenters. The van der Waals surface area contributed by atoms with Gasteiger partial charge < -0.3 is 14.0 Å². The van der Waals surface area contributed by atoms with Crippen molar-refractivity contribution in [2.24, 2.45) is 17.0 Å². The Labute approximate surface area is 175 Å². The van der Waals surface area contributed by atoms with Crippen LogP contribution in [0.5, 0.6) is 0 Å². The van der Waals surface area contributed by atoms with Crippen molar-refractivity contribution in [3.8, 4) is 0 Å². The zero-order chi connectivity index (χ0) is 21.5. The fourth-order valence-corrected chi connectivity index (χ4v) is 3.81. The molecule has 0 radical (unpaired) electrons. The standard InChI is InChI=1S/C20H36ClNO5Si/c1-8-25-18(23)15(19(24)26-9-2)12-14-10-11-17(16(21)13-14)22-27-28(6,7)20(3,4)5/h14-16H,8-13H2,1-7H3/b22-17-. The molecule has 0 aromatic carbocycles. The Bertz CT molecular complexity index is 555. The summed E-state index contributed by atoms with van der Waals surface area (Å²) in [5.74, 6) is -1.80. The van der Waals surface area contributed by atoms with Gasteiger partial charge in [-0.15, -0.1) is 16.8 Å². The van der Waals surface area contributed by atoms with Gasteiger partial charge in [-0.25, -0.2) is 0 Å². The van der Waals surface area contributed by atoms with Crippen LogP contribution < -0.4 is 0 Å². The predicted molar refractivity (Wildman–Crippen MR) is 114 cm³/mol. The van der Waals surface area contributed by atoms with E-state index >= 15 is 0 Å². The van der Waals surface area contributed by atoms with Crippen LogP contribution in [0.15, 0.2) is 5.16 Å². The van der Waals surface area contributed by atoms with E-state index in [9.17, 15) is 9.59 Å². The molecule has 28 heavy (non-hydrogen) atoms. The van der Waals surface area contributed by atoms with Crippen molar-refractivity contribution in [1.29, 1.82) is 0 Å². The van der Waals surface area contributed by atoms with Gasteiger partial charge in [-0.1, -0.05) is 20.8 Å². The van der Waals surface area contributed by atoms with Gasteiger partial charge in [0.15, 0.2) is 5.92 Å². The third kappa shape index (κ3) is 7.06. The molecule has 1 saturated carbocycles. The number of hydrogen-bond acceptors (Lipinski definition) is 6. The van der Waals surface area contributed by atoms with E-state index in [0.29, 0.717) is 19.3 Å². The molecule has 1 fully saturated rings. The van der Waals surface area contributed by atoms with E-state index in [-0.39, 0.29) is 29.5 Å². The summed E-state index contributed by atoms with van der Waals surface area (Å²) in [5, 5.41) is 4.22. The number of nitrogens with zero attached hydrogens (tertiary/aromatic N) is 1. The maximum absolute atomic E-state index is 12.2. The second-order valence-corrected chi connectivity index (χ2v) is 14.1. The Kier molecular flexibility index (Phi) is 9.47. The van der Waals surface area contributed by atoms with E-state index in [1.165, 1.54) is 0 Å². The van der Waals surface area contributed by atoms with Crippen LogP contribution in [0.1, 0.15) is 60.3 Å². The van der Waals surface area contributed by atoms with E-state index < -0.39 is 26.2 Å². The van der Waals surface area contributed by atoms with Gasteiger partial charge in [-0.2, -0.15) is 0 Å². The highest BCUT2D eigenvalue weighted by atomic mass is 35.5. The summed E-state index contributed by atoms with van der Waals surface area (Å²) in [6.07, 6.45) is 2.54. The van der Waals surface area contributed by atoms with Crippen LogP contribution in [0.4, 0.5) is 0 Å². The third-order valence-corrected chi connectivity index (χ3v) is 10.2. The summed E-state index contributed by atoms with van der Waals surface area (Å²) in [6, 6.07) is 0. The van der Waals surface area contributed by atoms with Crippen molar-refractivity contribution in [1.82, 2.24) is 0 Å². The molecule has 0 aromatic heterocycles. The normalized spacial score (nSPS) is 22.2. The lowest BCUT2D eigenvalue weighted by molar-refractivity contribution is -0.162. The molecule has 0 bridgehead atoms. The maximum atomic E-state index is 12.2. The van der Waals surface area contributed by atoms with Crippen LogP contribution in [0, 0.1) is 11.8 Å². The fraction of sp³-hybridized carbons (Fsp3) is 0.850. The number of oxime groups is 1. The molecule has 0 spiro atoms. The summed E-state index contributed by atoms with van der Waals surface area (Å²) in [7, 11) is -1.98. The number of rotatable bonds is 8. The van der Waals surface area contributed by atoms with Crippen molar-refractivity contribution < 1.29 is 23.6 Å². The highest BCUT2D eigenvalue weighted by Gasteiger charge is 2.40. The molecule has 162 valence electrons. The van der Waals surface area contributed by atoms with Crippen molar-refractivity contribution in [3.05, 3.63) is 0 Å². The first-order valence-corrected chi connectivity index (χ1v) is 13.5. The van der Waals surface area contributed by atoms with Gasteiger partial charge in [-0.3, -0.25) is 9.59 Å². The van der Waals surface area contributed by atoms with Crippen LogP contribution in [0.3, 0.4) is 0 Å². The number of hydrogen-bond donors (Lipinski definition) is 0. The Morgan fingerprint density at radius 3 is 2.14 bits per heavy atom. The highest BCUT2D eigenvalue weighted by Crippen LogP contribution is 2.37. The first-order chi connectivity index (χ1) is 12.9. The smallest absolute Gasteiger partial charge is 0.320 e. The van der Waals surface area contributed by atoms with E-state index in [4.69, 9.17) is 25.6 Å². The van der Waals surface area contributed by atoms with Crippen LogP contribution in [-0.4, -0.2) is 44.6 Å². The summed E-state index contributed by atoms with van der Waals surface area (Å²) in [6.45, 7) is 14.7. The molecule has 0 N–H and O–H groups in total. The quantitative estimate of drug-likeness (QED) is 0.179. The van der Waals surface area contributed by atoms with Gasteiger partial charge in [0.1, 0.15) is 0 Å². The molecule has 0 saturated heterocycles. The molecule has 0 heterocycles. The zero-order valence-corrected chi connectivity index (χ0v) is 20.1. The lowest BCUT2D eigenvalue weighted by atomic mass is 9.81. The monoisotopic (exact) mass is 433 g/mol. The van der Waals surface area contributed by atoms with E-state index in [2.05, 4.69) is 39.0 Å². The van der Waals surface area contributed by atoms with Crippen LogP contribution in [0.25, 0.3) is 0 Å². The van der Waals surface area contributed by atoms with Gasteiger partial charge in [0.2, 0.25) is 0 Å². The average Bonchev–Trinajstić information content (AvgIpc) is 2.58. The summed E-state index contributed by atoms with van der Waals surface area (Å²) in [4.78, 5) is 24.4. The first-order valence-electron chi connectivity index (χ1n) is 10.1. The Morgan fingerprint density at radius 1 is 1.18 bits per heavy atom. The van der Waals surface area contributed by atoms with E-state index in [1.807, 2.05) is 0 Å². The molecule has 8 heteroatoms. The minimum atomic E-state index is -1.98. The molecule has 6 nitrogen and oxygen atoms in total. The van der Waals surface area contributed by atoms with Gasteiger partial charge in [-0.05, 0) is 63.6 Å². The van der Waals surface area contributed by atoms with Crippen molar-refractivity contribution in [3.63, 3.8) is 0 Å². The summed E-state index contributed by atoms with van der Waals surface area (Å²) >= 11 is 6.56. The third-order valence-electron chi connectivity index (χ3n) is 5.62. The molecule has 1 aliphatic carbocycles. The van der Waals surface area contributed by atoms with Gasteiger partial charge >= 0.3 is 11.9 Å². The second kappa shape index (κ2) is 10.6. The lowest BCUT2D eigenvalue weighted by Crippen LogP contribution is -2.40. The van der Waals surface area contributed by atoms with E-state index in [1.54, 1.807) is 13.8 Å². The fourth-order valence-electron chi connectivity index (χ4n) is 2.79. The lowest BCUT2D eigenvalue weighted by Gasteiger charge is -2.34. The van der Waals surface area contributed by atoms with E-state index in [0.717, 1.165) is 12.1 Å². The Morgan fingerprint density at radius 2 is 1.71 bits per heavy atom. The minimum absolute atomic E-state index is 0.0720. The number of ether oxygens (including phenoxy) is 2. The second-order valence-electron chi connectivity index (χ2n) is 8.83. The number of alkyl halides is 1. The van der Waals surface area contributed by atoms with Crippen LogP contribution in [0.2, 0.25) is 18.1 Å². The van der Waals surface area contributed by atoms with Gasteiger partial charge in [0.05, 0.1) is 24.3 Å². The molecule has 0 aromatic rings. The molecular weight excluding hydrogens is 398 g/mol. The predicted octanol–water partition coefficient (Wildman–Crippen LogP) is 4.90. The van der Waals surface area contributed by atoms with Gasteiger partial charge in [0, 0.05) is 0 Å². The molecule has 1 rings (SSSR count). The number of halogens is 1. The average molecular weight is 434 g/mol. The van der Waals surface area contributed by atoms with Gasteiger partial charge in [0.25, 0.3) is 8.32 Å². The highest BCUT2D eigenvalue weighted by molar-refractivity contribution is 6.74. The SMILES string of the molecule is CCOC(=O)C(CC1CC/C(=N/O[Si](C)(C)C(C)(C)C)C(Cl)C1)C(=O)OCC. The molecule has 0 aliphatic heterocycles. The Balaban J connectivity index is 2.74. The molecule has 2 atom stereocenters. The summed E-state index contributed by atoms with van der Waals surface area (Å²) < 4.78 is 16.1.